The van der Waals surface area contributed by atoms with E-state index in [0.717, 1.165) is 18.0 Å². The number of carbonyl (C=O) groups is 2. The van der Waals surface area contributed by atoms with Gasteiger partial charge in [-0.05, 0) is 31.4 Å². The minimum absolute atomic E-state index is 0.0863. The number of hydrogen-bond acceptors (Lipinski definition) is 7. The molecule has 1 aliphatic carbocycles. The molecule has 1 heterocycles. The second-order valence-corrected chi connectivity index (χ2v) is 8.69. The number of benzene rings is 1. The fourth-order valence-electron chi connectivity index (χ4n) is 3.06. The van der Waals surface area contributed by atoms with E-state index in [1.54, 1.807) is 19.1 Å². The van der Waals surface area contributed by atoms with Crippen LogP contribution in [-0.2, 0) is 4.79 Å². The van der Waals surface area contributed by atoms with Crippen molar-refractivity contribution in [2.24, 2.45) is 0 Å². The summed E-state index contributed by atoms with van der Waals surface area (Å²) < 4.78 is 0.715. The van der Waals surface area contributed by atoms with Crippen LogP contribution in [0.5, 0.6) is 0 Å². The number of rotatable bonds is 7. The van der Waals surface area contributed by atoms with E-state index < -0.39 is 5.97 Å². The topological polar surface area (TPSA) is 104 Å². The van der Waals surface area contributed by atoms with Crippen molar-refractivity contribution in [3.8, 4) is 0 Å². The Labute approximate surface area is 166 Å². The third kappa shape index (κ3) is 5.43. The largest absolute Gasteiger partial charge is 0.478 e. The Hall–Kier alpha value is -2.13. The normalized spacial score (nSPS) is 14.7. The third-order valence-corrected chi connectivity index (χ3v) is 6.42. The number of aromatic nitrogens is 2. The monoisotopic (exact) mass is 406 g/mol. The molecule has 3 N–H and O–H groups in total. The van der Waals surface area contributed by atoms with E-state index in [2.05, 4.69) is 20.8 Å². The van der Waals surface area contributed by atoms with Crippen molar-refractivity contribution >= 4 is 45.8 Å². The van der Waals surface area contributed by atoms with Crippen LogP contribution < -0.4 is 10.6 Å². The minimum atomic E-state index is -1.07. The van der Waals surface area contributed by atoms with Crippen molar-refractivity contribution in [2.75, 3.05) is 16.4 Å². The summed E-state index contributed by atoms with van der Waals surface area (Å²) in [6.45, 7) is 1.77. The Kier molecular flexibility index (Phi) is 6.68. The highest BCUT2D eigenvalue weighted by atomic mass is 32.2. The second kappa shape index (κ2) is 9.18. The molecule has 0 saturated heterocycles. The van der Waals surface area contributed by atoms with E-state index in [1.807, 2.05) is 0 Å². The SMILES string of the molecule is Cc1cccc(C(=O)O)c1NC(=O)CSc1nnc(NC2CCCCC2)s1. The number of aromatic carboxylic acids is 1. The predicted molar refractivity (Wildman–Crippen MR) is 108 cm³/mol. The van der Waals surface area contributed by atoms with Crippen LogP contribution >= 0.6 is 23.1 Å². The number of anilines is 2. The molecule has 1 aromatic carbocycles. The molecule has 1 aliphatic rings. The highest BCUT2D eigenvalue weighted by molar-refractivity contribution is 8.01. The van der Waals surface area contributed by atoms with Gasteiger partial charge in [-0.2, -0.15) is 0 Å². The summed E-state index contributed by atoms with van der Waals surface area (Å²) in [5.41, 5.74) is 1.14. The van der Waals surface area contributed by atoms with Gasteiger partial charge in [0.1, 0.15) is 0 Å². The first kappa shape index (κ1) is 19.6. The predicted octanol–water partition coefficient (Wildman–Crippen LogP) is 4.02. The second-order valence-electron chi connectivity index (χ2n) is 6.49. The Morgan fingerprint density at radius 2 is 2.04 bits per heavy atom. The van der Waals surface area contributed by atoms with Crippen molar-refractivity contribution in [1.82, 2.24) is 10.2 Å². The lowest BCUT2D eigenvalue weighted by Gasteiger charge is -2.21. The van der Waals surface area contributed by atoms with Gasteiger partial charge < -0.3 is 15.7 Å². The first-order valence-corrected chi connectivity index (χ1v) is 10.7. The minimum Gasteiger partial charge on any atom is -0.478 e. The lowest BCUT2D eigenvalue weighted by molar-refractivity contribution is -0.113. The van der Waals surface area contributed by atoms with Gasteiger partial charge in [-0.15, -0.1) is 10.2 Å². The summed E-state index contributed by atoms with van der Waals surface area (Å²) in [7, 11) is 0. The molecule has 2 aromatic rings. The molecule has 0 atom stereocenters. The average molecular weight is 407 g/mol. The number of carboxylic acids is 1. The maximum Gasteiger partial charge on any atom is 0.337 e. The fourth-order valence-corrected chi connectivity index (χ4v) is 4.69. The Balaban J connectivity index is 1.53. The number of hydrogen-bond donors (Lipinski definition) is 3. The number of aryl methyl sites for hydroxylation is 1. The molecule has 1 fully saturated rings. The number of amides is 1. The van der Waals surface area contributed by atoms with Crippen molar-refractivity contribution < 1.29 is 14.7 Å². The van der Waals surface area contributed by atoms with E-state index in [-0.39, 0.29) is 17.2 Å². The van der Waals surface area contributed by atoms with Crippen LogP contribution in [0.4, 0.5) is 10.8 Å². The molecule has 27 heavy (non-hydrogen) atoms. The summed E-state index contributed by atoms with van der Waals surface area (Å²) in [5.74, 6) is -1.19. The van der Waals surface area contributed by atoms with Crippen molar-refractivity contribution in [3.63, 3.8) is 0 Å². The molecule has 0 radical (unpaired) electrons. The number of nitrogens with zero attached hydrogens (tertiary/aromatic N) is 2. The number of thioether (sulfide) groups is 1. The van der Waals surface area contributed by atoms with Crippen LogP contribution in [0.1, 0.15) is 48.0 Å². The summed E-state index contributed by atoms with van der Waals surface area (Å²) in [6.07, 6.45) is 6.11. The zero-order valence-corrected chi connectivity index (χ0v) is 16.7. The average Bonchev–Trinajstić information content (AvgIpc) is 3.09. The van der Waals surface area contributed by atoms with Crippen LogP contribution in [0.2, 0.25) is 0 Å². The lowest BCUT2D eigenvalue weighted by Crippen LogP contribution is -2.21. The summed E-state index contributed by atoms with van der Waals surface area (Å²) >= 11 is 2.74. The molecular weight excluding hydrogens is 384 g/mol. The molecular formula is C18H22N4O3S2. The van der Waals surface area contributed by atoms with Gasteiger partial charge in [-0.25, -0.2) is 4.79 Å². The van der Waals surface area contributed by atoms with Crippen LogP contribution in [0, 0.1) is 6.92 Å². The van der Waals surface area contributed by atoms with Crippen LogP contribution in [0.3, 0.4) is 0 Å². The molecule has 0 bridgehead atoms. The lowest BCUT2D eigenvalue weighted by atomic mass is 9.96. The van der Waals surface area contributed by atoms with Crippen molar-refractivity contribution in [3.05, 3.63) is 29.3 Å². The fraction of sp³-hybridized carbons (Fsp3) is 0.444. The zero-order valence-electron chi connectivity index (χ0n) is 15.0. The van der Waals surface area contributed by atoms with Crippen molar-refractivity contribution in [1.29, 1.82) is 0 Å². The van der Waals surface area contributed by atoms with Gasteiger partial charge in [0.25, 0.3) is 0 Å². The number of nitrogens with one attached hydrogen (secondary N) is 2. The third-order valence-electron chi connectivity index (χ3n) is 4.43. The highest BCUT2D eigenvalue weighted by Gasteiger charge is 2.17. The zero-order chi connectivity index (χ0) is 19.2. The van der Waals surface area contributed by atoms with Gasteiger partial charge >= 0.3 is 5.97 Å². The van der Waals surface area contributed by atoms with Crippen LogP contribution in [-0.4, -0.2) is 39.0 Å². The molecule has 1 amide bonds. The Bertz CT molecular complexity index is 819. The van der Waals surface area contributed by atoms with E-state index in [0.29, 0.717) is 21.6 Å². The number of para-hydroxylation sites is 1. The van der Waals surface area contributed by atoms with Gasteiger partial charge in [0.15, 0.2) is 4.34 Å². The molecule has 0 unspecified atom stereocenters. The van der Waals surface area contributed by atoms with Gasteiger partial charge in [-0.1, -0.05) is 54.5 Å². The summed E-state index contributed by atoms with van der Waals surface area (Å²) in [6, 6.07) is 5.36. The molecule has 1 aromatic heterocycles. The number of carboxylic acid groups (broad SMARTS) is 1. The van der Waals surface area contributed by atoms with Gasteiger partial charge in [0.05, 0.1) is 17.0 Å². The molecule has 1 saturated carbocycles. The Morgan fingerprint density at radius 3 is 2.78 bits per heavy atom. The van der Waals surface area contributed by atoms with Crippen LogP contribution in [0.25, 0.3) is 0 Å². The van der Waals surface area contributed by atoms with Gasteiger partial charge in [0.2, 0.25) is 11.0 Å². The molecule has 0 spiro atoms. The quantitative estimate of drug-likeness (QED) is 0.597. The highest BCUT2D eigenvalue weighted by Crippen LogP contribution is 2.29. The number of carbonyl (C=O) groups excluding carboxylic acids is 1. The standard InChI is InChI=1S/C18H22N4O3S2/c1-11-6-5-9-13(16(24)25)15(11)20-14(23)10-26-18-22-21-17(27-18)19-12-7-3-2-4-8-12/h5-6,9,12H,2-4,7-8,10H2,1H3,(H,19,21)(H,20,23)(H,24,25). The van der Waals surface area contributed by atoms with E-state index in [9.17, 15) is 14.7 Å². The van der Waals surface area contributed by atoms with E-state index >= 15 is 0 Å². The molecule has 3 rings (SSSR count). The summed E-state index contributed by atoms with van der Waals surface area (Å²) in [5, 5.41) is 24.5. The van der Waals surface area contributed by atoms with E-state index in [4.69, 9.17) is 0 Å². The van der Waals surface area contributed by atoms with Crippen molar-refractivity contribution in [2.45, 2.75) is 49.4 Å². The van der Waals surface area contributed by atoms with E-state index in [1.165, 1.54) is 48.4 Å². The van der Waals surface area contributed by atoms with Crippen LogP contribution in [0.15, 0.2) is 22.5 Å². The summed E-state index contributed by atoms with van der Waals surface area (Å²) in [4.78, 5) is 23.6. The van der Waals surface area contributed by atoms with Gasteiger partial charge in [-0.3, -0.25) is 4.79 Å². The molecule has 0 aliphatic heterocycles. The Morgan fingerprint density at radius 1 is 1.26 bits per heavy atom. The first-order chi connectivity index (χ1) is 13.0. The smallest absolute Gasteiger partial charge is 0.337 e. The molecule has 7 nitrogen and oxygen atoms in total. The maximum atomic E-state index is 12.3. The molecule has 144 valence electrons. The van der Waals surface area contributed by atoms with Gasteiger partial charge in [0, 0.05) is 6.04 Å². The first-order valence-electron chi connectivity index (χ1n) is 8.88. The maximum absolute atomic E-state index is 12.3. The molecule has 9 heteroatoms.